The van der Waals surface area contributed by atoms with E-state index >= 15 is 0 Å². The van der Waals surface area contributed by atoms with Crippen molar-refractivity contribution in [3.05, 3.63) is 62.8 Å². The number of nitriles is 1. The molecule has 10 heteroatoms. The fourth-order valence-electron chi connectivity index (χ4n) is 4.04. The predicted molar refractivity (Wildman–Crippen MR) is 114 cm³/mol. The Balaban J connectivity index is 1.38. The summed E-state index contributed by atoms with van der Waals surface area (Å²) >= 11 is 5.96. The first kappa shape index (κ1) is 19.5. The molecule has 9 nitrogen and oxygen atoms in total. The van der Waals surface area contributed by atoms with Crippen LogP contribution in [-0.2, 0) is 6.54 Å². The second-order valence-corrected chi connectivity index (χ2v) is 7.89. The van der Waals surface area contributed by atoms with Gasteiger partial charge >= 0.3 is 5.82 Å². The maximum atomic E-state index is 13.0. The number of halogens is 1. The quantitative estimate of drug-likeness (QED) is 0.578. The number of aromatic nitrogens is 2. The number of hydrogen-bond acceptors (Lipinski definition) is 7. The topological polar surface area (TPSA) is 99.7 Å². The van der Waals surface area contributed by atoms with E-state index in [1.807, 2.05) is 24.3 Å². The van der Waals surface area contributed by atoms with Crippen LogP contribution in [0.15, 0.2) is 36.4 Å². The lowest BCUT2D eigenvalue weighted by atomic mass is 10.1. The van der Waals surface area contributed by atoms with Crippen molar-refractivity contribution in [1.29, 1.82) is 5.26 Å². The molecule has 0 atom stereocenters. The van der Waals surface area contributed by atoms with Gasteiger partial charge in [-0.2, -0.15) is 5.26 Å². The minimum atomic E-state index is -0.228. The lowest BCUT2D eigenvalue weighted by molar-refractivity contribution is -0.451. The van der Waals surface area contributed by atoms with Crippen molar-refractivity contribution < 1.29 is 13.9 Å². The number of piperazine rings is 1. The summed E-state index contributed by atoms with van der Waals surface area (Å²) in [4.78, 5) is 17.1. The molecule has 0 amide bonds. The van der Waals surface area contributed by atoms with Crippen molar-refractivity contribution in [2.24, 2.45) is 0 Å². The molecule has 5 rings (SSSR count). The summed E-state index contributed by atoms with van der Waals surface area (Å²) in [5.41, 5.74) is 1.13. The van der Waals surface area contributed by atoms with Crippen LogP contribution >= 0.6 is 11.6 Å². The fraction of sp³-hybridized carbons (Fsp3) is 0.286. The highest BCUT2D eigenvalue weighted by Gasteiger charge is 2.31. The van der Waals surface area contributed by atoms with Crippen LogP contribution in [0.3, 0.4) is 0 Å². The number of ether oxygens (including phenoxy) is 2. The van der Waals surface area contributed by atoms with Gasteiger partial charge in [-0.15, -0.1) is 0 Å². The molecule has 31 heavy (non-hydrogen) atoms. The highest BCUT2D eigenvalue weighted by Crippen LogP contribution is 2.33. The lowest BCUT2D eigenvalue weighted by Crippen LogP contribution is -2.49. The number of fused-ring (bicyclic) bond motifs is 2. The van der Waals surface area contributed by atoms with Crippen LogP contribution in [-0.4, -0.2) is 42.6 Å². The van der Waals surface area contributed by atoms with Gasteiger partial charge in [-0.1, -0.05) is 22.6 Å². The molecule has 0 unspecified atom stereocenters. The Bertz CT molecular complexity index is 1280. The van der Waals surface area contributed by atoms with Gasteiger partial charge in [0, 0.05) is 29.1 Å². The average Bonchev–Trinajstić information content (AvgIpc) is 3.24. The molecule has 2 aliphatic rings. The Morgan fingerprint density at radius 1 is 1.10 bits per heavy atom. The molecule has 2 aliphatic heterocycles. The maximum Gasteiger partial charge on any atom is 0.356 e. The van der Waals surface area contributed by atoms with Crippen LogP contribution < -0.4 is 18.8 Å². The molecule has 0 aliphatic carbocycles. The molecule has 158 valence electrons. The molecule has 1 fully saturated rings. The predicted octanol–water partition coefficient (Wildman–Crippen LogP) is 2.48. The van der Waals surface area contributed by atoms with Gasteiger partial charge in [0.15, 0.2) is 11.5 Å². The first-order valence-electron chi connectivity index (χ1n) is 9.79. The van der Waals surface area contributed by atoms with E-state index in [1.54, 1.807) is 11.0 Å². The smallest absolute Gasteiger partial charge is 0.356 e. The minimum absolute atomic E-state index is 0.0734. The van der Waals surface area contributed by atoms with Crippen molar-refractivity contribution >= 4 is 28.5 Å². The Morgan fingerprint density at radius 2 is 1.87 bits per heavy atom. The number of benzene rings is 2. The molecule has 1 aromatic heterocycles. The van der Waals surface area contributed by atoms with Gasteiger partial charge in [0.2, 0.25) is 18.0 Å². The van der Waals surface area contributed by atoms with E-state index in [-0.39, 0.29) is 29.3 Å². The Labute approximate surface area is 182 Å². The van der Waals surface area contributed by atoms with Gasteiger partial charge in [0.05, 0.1) is 18.6 Å². The van der Waals surface area contributed by atoms with E-state index < -0.39 is 0 Å². The van der Waals surface area contributed by atoms with E-state index in [0.717, 1.165) is 23.6 Å². The third-order valence-electron chi connectivity index (χ3n) is 5.60. The number of nitrogens with zero attached hydrogens (tertiary/aromatic N) is 5. The molecular formula is C21H18ClN5O4. The van der Waals surface area contributed by atoms with E-state index in [1.165, 1.54) is 12.1 Å². The van der Waals surface area contributed by atoms with Gasteiger partial charge in [-0.25, -0.2) is 0 Å². The Morgan fingerprint density at radius 3 is 2.65 bits per heavy atom. The van der Waals surface area contributed by atoms with Gasteiger partial charge in [-0.05, 0) is 35.9 Å². The summed E-state index contributed by atoms with van der Waals surface area (Å²) in [6.07, 6.45) is 0. The van der Waals surface area contributed by atoms with Crippen molar-refractivity contribution in [3.63, 3.8) is 0 Å². The molecule has 0 radical (unpaired) electrons. The van der Waals surface area contributed by atoms with Gasteiger partial charge in [0.1, 0.15) is 6.07 Å². The number of rotatable bonds is 3. The maximum absolute atomic E-state index is 13.0. The summed E-state index contributed by atoms with van der Waals surface area (Å²) < 4.78 is 11.9. The zero-order valence-electron chi connectivity index (χ0n) is 16.5. The van der Waals surface area contributed by atoms with Crippen LogP contribution in [0, 0.1) is 21.4 Å². The van der Waals surface area contributed by atoms with Crippen molar-refractivity contribution in [2.45, 2.75) is 6.54 Å². The number of hydrogen-bond donors (Lipinski definition) is 0. The average molecular weight is 440 g/mol. The van der Waals surface area contributed by atoms with E-state index in [9.17, 15) is 15.4 Å². The van der Waals surface area contributed by atoms with Crippen LogP contribution in [0.4, 0.5) is 5.82 Å². The van der Waals surface area contributed by atoms with Crippen LogP contribution in [0.5, 0.6) is 11.5 Å². The third kappa shape index (κ3) is 3.40. The van der Waals surface area contributed by atoms with E-state index in [2.05, 4.69) is 4.90 Å². The van der Waals surface area contributed by atoms with Crippen LogP contribution in [0.25, 0.3) is 11.0 Å². The van der Waals surface area contributed by atoms with Crippen LogP contribution in [0.2, 0.25) is 5.02 Å². The van der Waals surface area contributed by atoms with Gasteiger partial charge in [0.25, 0.3) is 0 Å². The molecule has 3 heterocycles. The highest BCUT2D eigenvalue weighted by molar-refractivity contribution is 6.31. The summed E-state index contributed by atoms with van der Waals surface area (Å²) in [7, 11) is 0. The first-order valence-corrected chi connectivity index (χ1v) is 10.2. The molecule has 0 saturated carbocycles. The highest BCUT2D eigenvalue weighted by atomic mass is 35.5. The largest absolute Gasteiger partial charge is 0.804 e. The molecule has 0 bridgehead atoms. The van der Waals surface area contributed by atoms with Crippen LogP contribution in [0.1, 0.15) is 11.3 Å². The van der Waals surface area contributed by atoms with Gasteiger partial charge < -0.3 is 19.4 Å². The Kier molecular flexibility index (Phi) is 4.81. The fourth-order valence-corrected chi connectivity index (χ4v) is 4.21. The second kappa shape index (κ2) is 7.65. The molecule has 2 aromatic carbocycles. The van der Waals surface area contributed by atoms with Gasteiger partial charge in [-0.3, -0.25) is 9.80 Å². The second-order valence-electron chi connectivity index (χ2n) is 7.46. The molecule has 0 spiro atoms. The minimum Gasteiger partial charge on any atom is -0.804 e. The molecule has 3 aromatic rings. The molecule has 0 N–H and O–H groups in total. The first-order chi connectivity index (χ1) is 15.0. The lowest BCUT2D eigenvalue weighted by Gasteiger charge is -2.31. The number of anilines is 1. The molecule has 1 saturated heterocycles. The normalized spacial score (nSPS) is 15.9. The van der Waals surface area contributed by atoms with E-state index in [4.69, 9.17) is 21.1 Å². The summed E-state index contributed by atoms with van der Waals surface area (Å²) in [5, 5.41) is 22.7. The third-order valence-corrected chi connectivity index (χ3v) is 5.84. The molecular weight excluding hydrogens is 422 g/mol. The monoisotopic (exact) mass is 439 g/mol. The standard InChI is InChI=1S/C21H18ClN5O4/c22-15-2-3-16-17(10-15)26(28)18(11-23)21(27(16)29)25-7-5-24(6-8-25)12-14-1-4-19-20(9-14)31-13-30-19/h1-4,9-10H,5-8,12-13H2. The SMILES string of the molecule is N#Cc1c(N2CCN(Cc3ccc4c(c3)OCO4)CC2)[n+](=O)c2ccc(Cl)cc2n1[O-]. The summed E-state index contributed by atoms with van der Waals surface area (Å²) in [6.45, 7) is 3.35. The zero-order chi connectivity index (χ0) is 21.5. The summed E-state index contributed by atoms with van der Waals surface area (Å²) in [5.74, 6) is 1.58. The Hall–Kier alpha value is -3.48. The van der Waals surface area contributed by atoms with Crippen molar-refractivity contribution in [1.82, 2.24) is 9.63 Å². The zero-order valence-corrected chi connectivity index (χ0v) is 17.2. The van der Waals surface area contributed by atoms with Crippen molar-refractivity contribution in [2.75, 3.05) is 37.9 Å². The summed E-state index contributed by atoms with van der Waals surface area (Å²) in [6, 6.07) is 12.2. The van der Waals surface area contributed by atoms with E-state index in [0.29, 0.717) is 40.4 Å². The van der Waals surface area contributed by atoms with Crippen molar-refractivity contribution in [3.8, 4) is 17.6 Å².